The van der Waals surface area contributed by atoms with Crippen LogP contribution in [0.1, 0.15) is 48.4 Å². The standard InChI is InChI=1S/C28H29N3O4/c1-5-35-26(33)24-25(29)31(18-12-16(3)11-17(4)13-18)21-7-6-8-22(32)23(21)28(24)19-14-15(2)9-10-20(19)30-27(28)34/h9-14H,5-8,29H2,1-4H3,(H,30,34). The molecule has 2 aromatic carbocycles. The molecular weight excluding hydrogens is 442 g/mol. The lowest BCUT2D eigenvalue weighted by atomic mass is 9.63. The molecule has 0 aromatic heterocycles. The van der Waals surface area contributed by atoms with Crippen LogP contribution in [0.25, 0.3) is 0 Å². The van der Waals surface area contributed by atoms with Crippen LogP contribution in [0, 0.1) is 20.8 Å². The molecule has 0 saturated heterocycles. The summed E-state index contributed by atoms with van der Waals surface area (Å²) in [6.07, 6.45) is 1.49. The van der Waals surface area contributed by atoms with Crippen LogP contribution >= 0.6 is 0 Å². The van der Waals surface area contributed by atoms with E-state index in [1.807, 2.05) is 51.1 Å². The molecule has 7 heteroatoms. The number of ketones is 1. The third-order valence-electron chi connectivity index (χ3n) is 7.01. The van der Waals surface area contributed by atoms with Gasteiger partial charge in [0.25, 0.3) is 0 Å². The Bertz CT molecular complexity index is 1350. The van der Waals surface area contributed by atoms with Crippen LogP contribution in [0.4, 0.5) is 11.4 Å². The molecule has 180 valence electrons. The van der Waals surface area contributed by atoms with Crippen LogP contribution in [0.3, 0.4) is 0 Å². The molecule has 5 rings (SSSR count). The minimum Gasteiger partial charge on any atom is -0.462 e. The molecule has 0 saturated carbocycles. The van der Waals surface area contributed by atoms with E-state index < -0.39 is 17.3 Å². The summed E-state index contributed by atoms with van der Waals surface area (Å²) in [7, 11) is 0. The maximum atomic E-state index is 13.9. The van der Waals surface area contributed by atoms with Crippen molar-refractivity contribution in [3.63, 3.8) is 0 Å². The van der Waals surface area contributed by atoms with Crippen molar-refractivity contribution in [2.45, 2.75) is 52.4 Å². The highest BCUT2D eigenvalue weighted by molar-refractivity contribution is 6.23. The molecule has 7 nitrogen and oxygen atoms in total. The molecule has 1 aliphatic carbocycles. The first-order valence-electron chi connectivity index (χ1n) is 11.9. The van der Waals surface area contributed by atoms with Gasteiger partial charge in [0.1, 0.15) is 16.8 Å². The van der Waals surface area contributed by atoms with E-state index in [1.165, 1.54) is 0 Å². The maximum absolute atomic E-state index is 13.9. The second kappa shape index (κ2) is 8.12. The highest BCUT2D eigenvalue weighted by Gasteiger charge is 2.62. The second-order valence-electron chi connectivity index (χ2n) is 9.51. The van der Waals surface area contributed by atoms with Gasteiger partial charge in [-0.05, 0) is 69.9 Å². The normalized spacial score (nSPS) is 21.3. The number of hydrogen-bond acceptors (Lipinski definition) is 6. The Labute approximate surface area is 204 Å². The Morgan fingerprint density at radius 2 is 1.77 bits per heavy atom. The number of nitrogens with two attached hydrogens (primary N) is 1. The van der Waals surface area contributed by atoms with Gasteiger partial charge in [-0.25, -0.2) is 4.79 Å². The highest BCUT2D eigenvalue weighted by Crippen LogP contribution is 2.55. The van der Waals surface area contributed by atoms with Gasteiger partial charge in [0.15, 0.2) is 5.78 Å². The Morgan fingerprint density at radius 1 is 1.06 bits per heavy atom. The number of benzene rings is 2. The number of nitrogens with one attached hydrogen (secondary N) is 1. The minimum absolute atomic E-state index is 0.00522. The largest absolute Gasteiger partial charge is 0.462 e. The molecule has 1 unspecified atom stereocenters. The molecular formula is C28H29N3O4. The highest BCUT2D eigenvalue weighted by atomic mass is 16.5. The maximum Gasteiger partial charge on any atom is 0.339 e. The van der Waals surface area contributed by atoms with Crippen LogP contribution in [0.2, 0.25) is 0 Å². The van der Waals surface area contributed by atoms with Gasteiger partial charge in [0, 0.05) is 34.6 Å². The van der Waals surface area contributed by atoms with Crippen molar-refractivity contribution in [3.05, 3.63) is 81.3 Å². The molecule has 3 N–H and O–H groups in total. The number of esters is 1. The lowest BCUT2D eigenvalue weighted by molar-refractivity contribution is -0.140. The number of rotatable bonds is 3. The Balaban J connectivity index is 1.91. The van der Waals surface area contributed by atoms with Crippen molar-refractivity contribution < 1.29 is 19.1 Å². The molecule has 0 fully saturated rings. The van der Waals surface area contributed by atoms with E-state index in [2.05, 4.69) is 5.32 Å². The third-order valence-corrected chi connectivity index (χ3v) is 7.01. The molecule has 0 bridgehead atoms. The van der Waals surface area contributed by atoms with Crippen LogP contribution in [0.15, 0.2) is 59.1 Å². The van der Waals surface area contributed by atoms with Gasteiger partial charge in [0.05, 0.1) is 6.61 Å². The number of anilines is 2. The van der Waals surface area contributed by atoms with E-state index in [4.69, 9.17) is 10.5 Å². The average Bonchev–Trinajstić information content (AvgIpc) is 3.05. The van der Waals surface area contributed by atoms with Gasteiger partial charge in [-0.3, -0.25) is 14.5 Å². The molecule has 1 amide bonds. The summed E-state index contributed by atoms with van der Waals surface area (Å²) in [5, 5.41) is 2.92. The molecule has 3 aliphatic rings. The van der Waals surface area contributed by atoms with Crippen LogP contribution < -0.4 is 16.0 Å². The molecule has 1 spiro atoms. The zero-order valence-corrected chi connectivity index (χ0v) is 20.5. The Hall–Kier alpha value is -3.87. The number of aryl methyl sites for hydroxylation is 3. The van der Waals surface area contributed by atoms with E-state index in [1.54, 1.807) is 17.9 Å². The predicted molar refractivity (Wildman–Crippen MR) is 134 cm³/mol. The SMILES string of the molecule is CCOC(=O)C1=C(N)N(c2cc(C)cc(C)c2)C2=C(C(=O)CCC2)C12C(=O)Nc1ccc(C)cc12. The van der Waals surface area contributed by atoms with Crippen LogP contribution in [0.5, 0.6) is 0 Å². The number of hydrogen-bond donors (Lipinski definition) is 2. The van der Waals surface area contributed by atoms with E-state index >= 15 is 0 Å². The van der Waals surface area contributed by atoms with Gasteiger partial charge >= 0.3 is 5.97 Å². The fourth-order valence-electron chi connectivity index (χ4n) is 5.80. The Morgan fingerprint density at radius 3 is 2.46 bits per heavy atom. The zero-order chi connectivity index (χ0) is 25.1. The average molecular weight is 472 g/mol. The van der Waals surface area contributed by atoms with Gasteiger partial charge in [-0.2, -0.15) is 0 Å². The second-order valence-corrected chi connectivity index (χ2v) is 9.51. The first kappa shape index (κ1) is 22.9. The van der Waals surface area contributed by atoms with Crippen molar-refractivity contribution in [2.75, 3.05) is 16.8 Å². The lowest BCUT2D eigenvalue weighted by Crippen LogP contribution is -2.53. The third kappa shape index (κ3) is 3.21. The van der Waals surface area contributed by atoms with Crippen LogP contribution in [-0.4, -0.2) is 24.3 Å². The summed E-state index contributed by atoms with van der Waals surface area (Å²) in [5.74, 6) is -1.19. The van der Waals surface area contributed by atoms with E-state index in [0.717, 1.165) is 22.4 Å². The number of Topliss-reactive ketones (excluding diaryl/α,β-unsaturated/α-hetero) is 1. The molecule has 1 atom stereocenters. The lowest BCUT2D eigenvalue weighted by Gasteiger charge is -2.44. The summed E-state index contributed by atoms with van der Waals surface area (Å²) in [4.78, 5) is 43.0. The number of allylic oxidation sites excluding steroid dienone is 1. The predicted octanol–water partition coefficient (Wildman–Crippen LogP) is 4.06. The fraction of sp³-hybridized carbons (Fsp3) is 0.321. The van der Waals surface area contributed by atoms with Crippen molar-refractivity contribution in [1.82, 2.24) is 0 Å². The number of nitrogens with zero attached hydrogens (tertiary/aromatic N) is 1. The topological polar surface area (TPSA) is 102 Å². The van der Waals surface area contributed by atoms with Crippen molar-refractivity contribution >= 4 is 29.0 Å². The van der Waals surface area contributed by atoms with Crippen LogP contribution in [-0.2, 0) is 24.5 Å². The van der Waals surface area contributed by atoms with Gasteiger partial charge in [0.2, 0.25) is 5.91 Å². The Kier molecular flexibility index (Phi) is 5.31. The van der Waals surface area contributed by atoms with Gasteiger partial charge in [-0.1, -0.05) is 23.8 Å². The van der Waals surface area contributed by atoms with Gasteiger partial charge < -0.3 is 15.8 Å². The van der Waals surface area contributed by atoms with Crippen molar-refractivity contribution in [1.29, 1.82) is 0 Å². The van der Waals surface area contributed by atoms with Gasteiger partial charge in [-0.15, -0.1) is 0 Å². The number of amides is 1. The number of carbonyl (C=O) groups excluding carboxylic acids is 3. The number of ether oxygens (including phenoxy) is 1. The molecule has 2 aromatic rings. The first-order chi connectivity index (χ1) is 16.7. The summed E-state index contributed by atoms with van der Waals surface area (Å²) >= 11 is 0. The molecule has 2 heterocycles. The van der Waals surface area contributed by atoms with Crippen molar-refractivity contribution in [2.24, 2.45) is 5.73 Å². The van der Waals surface area contributed by atoms with E-state index in [0.29, 0.717) is 41.8 Å². The zero-order valence-electron chi connectivity index (χ0n) is 20.5. The smallest absolute Gasteiger partial charge is 0.339 e. The summed E-state index contributed by atoms with van der Waals surface area (Å²) < 4.78 is 5.46. The summed E-state index contributed by atoms with van der Waals surface area (Å²) in [6, 6.07) is 11.5. The van der Waals surface area contributed by atoms with Crippen molar-refractivity contribution in [3.8, 4) is 0 Å². The summed E-state index contributed by atoms with van der Waals surface area (Å²) in [6.45, 7) is 7.70. The van der Waals surface area contributed by atoms with E-state index in [9.17, 15) is 14.4 Å². The molecule has 35 heavy (non-hydrogen) atoms. The summed E-state index contributed by atoms with van der Waals surface area (Å²) in [5.41, 5.74) is 11.0. The monoisotopic (exact) mass is 471 g/mol. The number of carbonyl (C=O) groups is 3. The number of fused-ring (bicyclic) bond motifs is 3. The van der Waals surface area contributed by atoms with E-state index in [-0.39, 0.29) is 23.8 Å². The fourth-order valence-corrected chi connectivity index (χ4v) is 5.80. The molecule has 2 aliphatic heterocycles. The minimum atomic E-state index is -1.65. The quantitative estimate of drug-likeness (QED) is 0.655. The first-order valence-corrected chi connectivity index (χ1v) is 11.9. The molecule has 0 radical (unpaired) electrons.